The van der Waals surface area contributed by atoms with Crippen LogP contribution in [0.2, 0.25) is 0 Å². The Morgan fingerprint density at radius 2 is 1.62 bits per heavy atom. The molecule has 2 N–H and O–H groups in total. The van der Waals surface area contributed by atoms with Gasteiger partial charge in [-0.3, -0.25) is 9.78 Å². The van der Waals surface area contributed by atoms with Gasteiger partial charge in [-0.2, -0.15) is 0 Å². The van der Waals surface area contributed by atoms with E-state index >= 15 is 0 Å². The zero-order valence-corrected chi connectivity index (χ0v) is 17.4. The second-order valence-corrected chi connectivity index (χ2v) is 7.68. The monoisotopic (exact) mass is 388 g/mol. The van der Waals surface area contributed by atoms with Gasteiger partial charge in [0.1, 0.15) is 5.82 Å². The van der Waals surface area contributed by atoms with Crippen LogP contribution in [0.4, 0.5) is 11.5 Å². The van der Waals surface area contributed by atoms with Crippen molar-refractivity contribution in [3.05, 3.63) is 83.3 Å². The SMILES string of the molecule is CC(C)c1cccc(C(C)C)c1NC(=O)c1ccnc(NCc2ccccn2)c1. The first kappa shape index (κ1) is 20.5. The van der Waals surface area contributed by atoms with Crippen LogP contribution in [-0.2, 0) is 6.54 Å². The Hall–Kier alpha value is -3.21. The molecular formula is C24H28N4O. The van der Waals surface area contributed by atoms with Gasteiger partial charge in [0.15, 0.2) is 0 Å². The number of anilines is 2. The molecule has 0 aliphatic carbocycles. The summed E-state index contributed by atoms with van der Waals surface area (Å²) in [6, 6.07) is 15.5. The number of nitrogens with zero attached hydrogens (tertiary/aromatic N) is 2. The first-order chi connectivity index (χ1) is 14.0. The third kappa shape index (κ3) is 5.19. The van der Waals surface area contributed by atoms with Gasteiger partial charge < -0.3 is 10.6 Å². The minimum Gasteiger partial charge on any atom is -0.364 e. The highest BCUT2D eigenvalue weighted by Gasteiger charge is 2.17. The molecule has 0 saturated heterocycles. The molecule has 0 aliphatic rings. The number of rotatable bonds is 7. The molecule has 0 aliphatic heterocycles. The number of hydrogen-bond donors (Lipinski definition) is 2. The Morgan fingerprint density at radius 3 is 2.24 bits per heavy atom. The van der Waals surface area contributed by atoms with E-state index in [0.717, 1.165) is 22.5 Å². The van der Waals surface area contributed by atoms with Crippen LogP contribution in [0.25, 0.3) is 0 Å². The van der Waals surface area contributed by atoms with Crippen LogP contribution in [0.15, 0.2) is 60.9 Å². The molecule has 3 rings (SSSR count). The number of benzene rings is 1. The lowest BCUT2D eigenvalue weighted by molar-refractivity contribution is 0.102. The summed E-state index contributed by atoms with van der Waals surface area (Å²) in [5, 5.41) is 6.38. The van der Waals surface area contributed by atoms with E-state index in [9.17, 15) is 4.79 Å². The fraction of sp³-hybridized carbons (Fsp3) is 0.292. The van der Waals surface area contributed by atoms with Crippen molar-refractivity contribution >= 4 is 17.4 Å². The predicted molar refractivity (Wildman–Crippen MR) is 118 cm³/mol. The molecule has 2 aromatic heterocycles. The molecular weight excluding hydrogens is 360 g/mol. The summed E-state index contributed by atoms with van der Waals surface area (Å²) in [5.41, 5.74) is 4.69. The highest BCUT2D eigenvalue weighted by Crippen LogP contribution is 2.32. The Morgan fingerprint density at radius 1 is 0.897 bits per heavy atom. The summed E-state index contributed by atoms with van der Waals surface area (Å²) in [6.07, 6.45) is 3.40. The van der Waals surface area contributed by atoms with E-state index in [2.05, 4.69) is 66.5 Å². The molecule has 0 spiro atoms. The average Bonchev–Trinajstić information content (AvgIpc) is 2.73. The molecule has 29 heavy (non-hydrogen) atoms. The summed E-state index contributed by atoms with van der Waals surface area (Å²) in [5.74, 6) is 1.14. The van der Waals surface area contributed by atoms with Crippen molar-refractivity contribution in [1.29, 1.82) is 0 Å². The van der Waals surface area contributed by atoms with E-state index in [1.165, 1.54) is 0 Å². The van der Waals surface area contributed by atoms with E-state index in [4.69, 9.17) is 0 Å². The zero-order valence-electron chi connectivity index (χ0n) is 17.4. The topological polar surface area (TPSA) is 66.9 Å². The van der Waals surface area contributed by atoms with Crippen LogP contribution in [0.1, 0.15) is 66.7 Å². The lowest BCUT2D eigenvalue weighted by atomic mass is 9.92. The van der Waals surface area contributed by atoms with Crippen molar-refractivity contribution in [3.63, 3.8) is 0 Å². The van der Waals surface area contributed by atoms with Crippen molar-refractivity contribution in [3.8, 4) is 0 Å². The molecule has 0 saturated carbocycles. The second kappa shape index (κ2) is 9.32. The number of carbonyl (C=O) groups excluding carboxylic acids is 1. The van der Waals surface area contributed by atoms with Crippen molar-refractivity contribution in [2.75, 3.05) is 10.6 Å². The van der Waals surface area contributed by atoms with Gasteiger partial charge >= 0.3 is 0 Å². The summed E-state index contributed by atoms with van der Waals surface area (Å²) < 4.78 is 0. The molecule has 3 aromatic rings. The third-order valence-corrected chi connectivity index (χ3v) is 4.81. The average molecular weight is 389 g/mol. The van der Waals surface area contributed by atoms with E-state index in [1.807, 2.05) is 18.2 Å². The maximum Gasteiger partial charge on any atom is 0.255 e. The van der Waals surface area contributed by atoms with Gasteiger partial charge in [-0.25, -0.2) is 4.98 Å². The maximum atomic E-state index is 13.0. The summed E-state index contributed by atoms with van der Waals surface area (Å²) >= 11 is 0. The highest BCUT2D eigenvalue weighted by molar-refractivity contribution is 6.05. The van der Waals surface area contributed by atoms with Gasteiger partial charge in [-0.1, -0.05) is 52.0 Å². The number of amides is 1. The Kier molecular flexibility index (Phi) is 6.60. The minimum atomic E-state index is -0.136. The molecule has 150 valence electrons. The van der Waals surface area contributed by atoms with Gasteiger partial charge in [-0.15, -0.1) is 0 Å². The lowest BCUT2D eigenvalue weighted by Gasteiger charge is -2.20. The first-order valence-corrected chi connectivity index (χ1v) is 9.99. The summed E-state index contributed by atoms with van der Waals surface area (Å²) in [7, 11) is 0. The molecule has 0 atom stereocenters. The zero-order chi connectivity index (χ0) is 20.8. The largest absolute Gasteiger partial charge is 0.364 e. The van der Waals surface area contributed by atoms with Crippen LogP contribution < -0.4 is 10.6 Å². The van der Waals surface area contributed by atoms with Gasteiger partial charge in [0, 0.05) is 23.6 Å². The van der Waals surface area contributed by atoms with Crippen molar-refractivity contribution in [2.45, 2.75) is 46.1 Å². The van der Waals surface area contributed by atoms with Crippen LogP contribution >= 0.6 is 0 Å². The quantitative estimate of drug-likeness (QED) is 0.554. The summed E-state index contributed by atoms with van der Waals surface area (Å²) in [6.45, 7) is 9.11. The molecule has 1 aromatic carbocycles. The summed E-state index contributed by atoms with van der Waals surface area (Å²) in [4.78, 5) is 21.6. The molecule has 1 amide bonds. The van der Waals surface area contributed by atoms with Crippen LogP contribution in [0.5, 0.6) is 0 Å². The lowest BCUT2D eigenvalue weighted by Crippen LogP contribution is -2.16. The second-order valence-electron chi connectivity index (χ2n) is 7.68. The number of para-hydroxylation sites is 1. The predicted octanol–water partition coefficient (Wildman–Crippen LogP) is 5.59. The van der Waals surface area contributed by atoms with E-state index in [-0.39, 0.29) is 5.91 Å². The fourth-order valence-corrected chi connectivity index (χ4v) is 3.23. The number of carbonyl (C=O) groups is 1. The molecule has 0 bridgehead atoms. The standard InChI is InChI=1S/C24H28N4O/c1-16(2)20-9-7-10-21(17(3)4)23(20)28-24(29)18-11-13-26-22(14-18)27-15-19-8-5-6-12-25-19/h5-14,16-17H,15H2,1-4H3,(H,26,27)(H,28,29). The van der Waals surface area contributed by atoms with Crippen molar-refractivity contribution in [2.24, 2.45) is 0 Å². The number of aromatic nitrogens is 2. The van der Waals surface area contributed by atoms with Crippen LogP contribution in [0.3, 0.4) is 0 Å². The number of hydrogen-bond acceptors (Lipinski definition) is 4. The molecule has 5 heteroatoms. The third-order valence-electron chi connectivity index (χ3n) is 4.81. The Balaban J connectivity index is 1.80. The van der Waals surface area contributed by atoms with Crippen molar-refractivity contribution < 1.29 is 4.79 Å². The van der Waals surface area contributed by atoms with Gasteiger partial charge in [-0.05, 0) is 47.2 Å². The normalized spacial score (nSPS) is 11.0. The fourth-order valence-electron chi connectivity index (χ4n) is 3.23. The molecule has 0 fully saturated rings. The molecule has 0 unspecified atom stereocenters. The smallest absolute Gasteiger partial charge is 0.255 e. The molecule has 5 nitrogen and oxygen atoms in total. The Labute approximate surface area is 172 Å². The molecule has 0 radical (unpaired) electrons. The van der Waals surface area contributed by atoms with E-state index in [0.29, 0.717) is 29.8 Å². The van der Waals surface area contributed by atoms with Gasteiger partial charge in [0.25, 0.3) is 5.91 Å². The minimum absolute atomic E-state index is 0.136. The van der Waals surface area contributed by atoms with Crippen LogP contribution in [-0.4, -0.2) is 15.9 Å². The van der Waals surface area contributed by atoms with Gasteiger partial charge in [0.2, 0.25) is 0 Å². The van der Waals surface area contributed by atoms with Crippen molar-refractivity contribution in [1.82, 2.24) is 9.97 Å². The van der Waals surface area contributed by atoms with Crippen LogP contribution in [0, 0.1) is 0 Å². The van der Waals surface area contributed by atoms with Gasteiger partial charge in [0.05, 0.1) is 12.2 Å². The highest BCUT2D eigenvalue weighted by atomic mass is 16.1. The van der Waals surface area contributed by atoms with E-state index < -0.39 is 0 Å². The maximum absolute atomic E-state index is 13.0. The first-order valence-electron chi connectivity index (χ1n) is 9.99. The van der Waals surface area contributed by atoms with E-state index in [1.54, 1.807) is 24.5 Å². The number of nitrogens with one attached hydrogen (secondary N) is 2. The molecule has 2 heterocycles. The Bertz CT molecular complexity index is 941. The number of pyridine rings is 2.